The molecule has 0 aliphatic carbocycles. The summed E-state index contributed by atoms with van der Waals surface area (Å²) < 4.78 is 3.47. The molecular formula is C13H9Br2I. The molecule has 0 nitrogen and oxygen atoms in total. The second-order valence-corrected chi connectivity index (χ2v) is 6.49. The van der Waals surface area contributed by atoms with Crippen molar-refractivity contribution < 1.29 is 0 Å². The summed E-state index contributed by atoms with van der Waals surface area (Å²) in [6.07, 6.45) is 0. The zero-order valence-electron chi connectivity index (χ0n) is 8.60. The van der Waals surface area contributed by atoms with E-state index in [2.05, 4.69) is 97.8 Å². The van der Waals surface area contributed by atoms with Gasteiger partial charge in [0.15, 0.2) is 0 Å². The summed E-state index contributed by atoms with van der Waals surface area (Å²) >= 11 is 9.51. The minimum Gasteiger partial charge on any atom is -0.0587 e. The topological polar surface area (TPSA) is 0 Å². The van der Waals surface area contributed by atoms with Crippen molar-refractivity contribution in [2.45, 2.75) is 6.92 Å². The van der Waals surface area contributed by atoms with Crippen LogP contribution in [0.2, 0.25) is 0 Å². The lowest BCUT2D eigenvalue weighted by Crippen LogP contribution is -1.84. The van der Waals surface area contributed by atoms with Gasteiger partial charge in [-0.1, -0.05) is 45.8 Å². The third-order valence-corrected chi connectivity index (χ3v) is 5.26. The fourth-order valence-electron chi connectivity index (χ4n) is 1.50. The monoisotopic (exact) mass is 450 g/mol. The van der Waals surface area contributed by atoms with Crippen LogP contribution in [-0.4, -0.2) is 0 Å². The van der Waals surface area contributed by atoms with E-state index in [1.807, 2.05) is 0 Å². The van der Waals surface area contributed by atoms with Crippen LogP contribution in [0.3, 0.4) is 0 Å². The maximum atomic E-state index is 3.64. The molecule has 2 aromatic rings. The first-order chi connectivity index (χ1) is 7.58. The predicted molar refractivity (Wildman–Crippen MR) is 84.7 cm³/mol. The maximum absolute atomic E-state index is 3.64. The third-order valence-electron chi connectivity index (χ3n) is 2.36. The smallest absolute Gasteiger partial charge is 0.0388 e. The summed E-state index contributed by atoms with van der Waals surface area (Å²) in [6, 6.07) is 12.8. The molecule has 0 spiro atoms. The second-order valence-electron chi connectivity index (χ2n) is 3.62. The molecule has 0 aromatic heterocycles. The van der Waals surface area contributed by atoms with Gasteiger partial charge in [0.1, 0.15) is 0 Å². The van der Waals surface area contributed by atoms with E-state index in [4.69, 9.17) is 0 Å². The molecular weight excluding hydrogens is 443 g/mol. The maximum Gasteiger partial charge on any atom is 0.0388 e. The van der Waals surface area contributed by atoms with E-state index in [-0.39, 0.29) is 0 Å². The lowest BCUT2D eigenvalue weighted by molar-refractivity contribution is 1.45. The zero-order chi connectivity index (χ0) is 11.7. The fraction of sp³-hybridized carbons (Fsp3) is 0.0769. The van der Waals surface area contributed by atoms with Crippen molar-refractivity contribution in [3.8, 4) is 11.1 Å². The Bertz CT molecular complexity index is 518. The fourth-order valence-corrected chi connectivity index (χ4v) is 3.47. The molecule has 2 rings (SSSR count). The van der Waals surface area contributed by atoms with Gasteiger partial charge in [-0.2, -0.15) is 0 Å². The van der Waals surface area contributed by atoms with Gasteiger partial charge < -0.3 is 0 Å². The van der Waals surface area contributed by atoms with Gasteiger partial charge in [0.05, 0.1) is 0 Å². The first-order valence-electron chi connectivity index (χ1n) is 4.79. The number of benzene rings is 2. The van der Waals surface area contributed by atoms with Gasteiger partial charge in [-0.15, -0.1) is 0 Å². The van der Waals surface area contributed by atoms with Gasteiger partial charge in [-0.3, -0.25) is 0 Å². The Morgan fingerprint density at radius 3 is 2.25 bits per heavy atom. The summed E-state index contributed by atoms with van der Waals surface area (Å²) in [5.74, 6) is 0. The number of halogens is 3. The second kappa shape index (κ2) is 5.19. The van der Waals surface area contributed by atoms with Crippen molar-refractivity contribution in [2.24, 2.45) is 0 Å². The van der Waals surface area contributed by atoms with Gasteiger partial charge in [0.25, 0.3) is 0 Å². The Hall–Kier alpha value is 0.130. The molecule has 0 atom stereocenters. The number of hydrogen-bond donors (Lipinski definition) is 0. The van der Waals surface area contributed by atoms with Crippen molar-refractivity contribution in [3.05, 3.63) is 54.5 Å². The van der Waals surface area contributed by atoms with E-state index in [0.29, 0.717) is 0 Å². The molecule has 0 unspecified atom stereocenters. The molecule has 0 fully saturated rings. The van der Waals surface area contributed by atoms with Crippen molar-refractivity contribution >= 4 is 54.5 Å². The molecule has 2 aromatic carbocycles. The van der Waals surface area contributed by atoms with E-state index in [0.717, 1.165) is 8.95 Å². The molecule has 3 heteroatoms. The summed E-state index contributed by atoms with van der Waals surface area (Å²) in [5.41, 5.74) is 3.74. The van der Waals surface area contributed by atoms with E-state index < -0.39 is 0 Å². The lowest BCUT2D eigenvalue weighted by Gasteiger charge is -2.08. The third kappa shape index (κ3) is 2.68. The van der Waals surface area contributed by atoms with Crippen molar-refractivity contribution in [1.82, 2.24) is 0 Å². The van der Waals surface area contributed by atoms with Crippen LogP contribution in [0.5, 0.6) is 0 Å². The van der Waals surface area contributed by atoms with Gasteiger partial charge in [0, 0.05) is 12.5 Å². The number of hydrogen-bond acceptors (Lipinski definition) is 0. The van der Waals surface area contributed by atoms with Crippen LogP contribution in [0, 0.1) is 10.5 Å². The van der Waals surface area contributed by atoms with Crippen LogP contribution in [0.25, 0.3) is 11.1 Å². The minimum absolute atomic E-state index is 1.11. The van der Waals surface area contributed by atoms with Crippen molar-refractivity contribution in [2.75, 3.05) is 0 Å². The van der Waals surface area contributed by atoms with E-state index in [9.17, 15) is 0 Å². The molecule has 0 aliphatic heterocycles. The van der Waals surface area contributed by atoms with Crippen LogP contribution < -0.4 is 0 Å². The lowest BCUT2D eigenvalue weighted by atomic mass is 10.0. The van der Waals surface area contributed by atoms with Crippen LogP contribution in [0.15, 0.2) is 45.3 Å². The van der Waals surface area contributed by atoms with Gasteiger partial charge in [-0.25, -0.2) is 0 Å². The number of aryl methyl sites for hydroxylation is 1. The molecule has 16 heavy (non-hydrogen) atoms. The SMILES string of the molecule is Cc1ccc(-c2cc(Br)cc(I)c2Br)cc1. The molecule has 0 bridgehead atoms. The van der Waals surface area contributed by atoms with Crippen LogP contribution in [-0.2, 0) is 0 Å². The molecule has 0 saturated heterocycles. The molecule has 0 aliphatic rings. The van der Waals surface area contributed by atoms with Gasteiger partial charge >= 0.3 is 0 Å². The van der Waals surface area contributed by atoms with E-state index in [1.165, 1.54) is 20.3 Å². The Labute approximate surface area is 126 Å². The highest BCUT2D eigenvalue weighted by atomic mass is 127. The Morgan fingerprint density at radius 2 is 1.62 bits per heavy atom. The molecule has 0 N–H and O–H groups in total. The average molecular weight is 452 g/mol. The zero-order valence-corrected chi connectivity index (χ0v) is 13.9. The number of rotatable bonds is 1. The minimum atomic E-state index is 1.11. The van der Waals surface area contributed by atoms with E-state index in [1.54, 1.807) is 0 Å². The van der Waals surface area contributed by atoms with Crippen LogP contribution >= 0.6 is 54.5 Å². The van der Waals surface area contributed by atoms with Crippen molar-refractivity contribution in [3.63, 3.8) is 0 Å². The summed E-state index contributed by atoms with van der Waals surface area (Å²) in [5, 5.41) is 0. The van der Waals surface area contributed by atoms with Crippen LogP contribution in [0.1, 0.15) is 5.56 Å². The Kier molecular flexibility index (Phi) is 4.08. The van der Waals surface area contributed by atoms with Gasteiger partial charge in [-0.05, 0) is 68.7 Å². The van der Waals surface area contributed by atoms with Crippen LogP contribution in [0.4, 0.5) is 0 Å². The normalized spacial score (nSPS) is 10.5. The molecule has 82 valence electrons. The highest BCUT2D eigenvalue weighted by Crippen LogP contribution is 2.34. The Morgan fingerprint density at radius 1 is 1.00 bits per heavy atom. The highest BCUT2D eigenvalue weighted by molar-refractivity contribution is 14.1. The van der Waals surface area contributed by atoms with E-state index >= 15 is 0 Å². The highest BCUT2D eigenvalue weighted by Gasteiger charge is 2.07. The largest absolute Gasteiger partial charge is 0.0587 e. The summed E-state index contributed by atoms with van der Waals surface area (Å²) in [7, 11) is 0. The standard InChI is InChI=1S/C13H9Br2I/c1-8-2-4-9(5-3-8)11-6-10(14)7-12(16)13(11)15/h2-7H,1H3. The summed E-state index contributed by atoms with van der Waals surface area (Å²) in [6.45, 7) is 2.10. The first kappa shape index (κ1) is 12.6. The average Bonchev–Trinajstić information content (AvgIpc) is 2.25. The quantitative estimate of drug-likeness (QED) is 0.380. The molecule has 0 radical (unpaired) electrons. The predicted octanol–water partition coefficient (Wildman–Crippen LogP) is 5.79. The molecule has 0 amide bonds. The Balaban J connectivity index is 2.59. The van der Waals surface area contributed by atoms with Crippen molar-refractivity contribution in [1.29, 1.82) is 0 Å². The molecule has 0 heterocycles. The summed E-state index contributed by atoms with van der Waals surface area (Å²) in [4.78, 5) is 0. The molecule has 0 saturated carbocycles. The first-order valence-corrected chi connectivity index (χ1v) is 7.46. The van der Waals surface area contributed by atoms with Gasteiger partial charge in [0.2, 0.25) is 0 Å².